The van der Waals surface area contributed by atoms with Crippen LogP contribution in [0.5, 0.6) is 0 Å². The molecule has 0 bridgehead atoms. The summed E-state index contributed by atoms with van der Waals surface area (Å²) in [5.74, 6) is 0. The predicted octanol–water partition coefficient (Wildman–Crippen LogP) is 12.5. The normalized spacial score (nSPS) is 11.1. The van der Waals surface area contributed by atoms with Gasteiger partial charge in [0.15, 0.2) is 0 Å². The smallest absolute Gasteiger partial charge is 0.0462 e. The molecule has 45 heavy (non-hydrogen) atoms. The topological polar surface area (TPSA) is 3.24 Å². The van der Waals surface area contributed by atoms with E-state index in [1.54, 1.807) is 0 Å². The molecule has 0 aliphatic rings. The van der Waals surface area contributed by atoms with E-state index in [0.717, 1.165) is 17.1 Å². The van der Waals surface area contributed by atoms with E-state index in [1.165, 1.54) is 54.9 Å². The lowest BCUT2D eigenvalue weighted by molar-refractivity contribution is 1.28. The molecule has 1 nitrogen and oxygen atoms in total. The zero-order valence-corrected chi connectivity index (χ0v) is 24.8. The van der Waals surface area contributed by atoms with E-state index in [4.69, 9.17) is 0 Å². The van der Waals surface area contributed by atoms with Crippen LogP contribution in [0.15, 0.2) is 188 Å². The maximum Gasteiger partial charge on any atom is 0.0462 e. The van der Waals surface area contributed by atoms with Crippen LogP contribution >= 0.6 is 0 Å². The summed E-state index contributed by atoms with van der Waals surface area (Å²) in [5, 5.41) is 5.11. The van der Waals surface area contributed by atoms with Gasteiger partial charge in [-0.2, -0.15) is 0 Å². The number of benzene rings is 8. The van der Waals surface area contributed by atoms with Crippen LogP contribution < -0.4 is 4.90 Å². The van der Waals surface area contributed by atoms with Crippen LogP contribution in [0.1, 0.15) is 0 Å². The lowest BCUT2D eigenvalue weighted by Crippen LogP contribution is -2.09. The highest BCUT2D eigenvalue weighted by atomic mass is 15.1. The minimum absolute atomic E-state index is 1.13. The summed E-state index contributed by atoms with van der Waals surface area (Å²) in [6.07, 6.45) is 0. The van der Waals surface area contributed by atoms with Crippen molar-refractivity contribution in [2.45, 2.75) is 0 Å². The van der Waals surface area contributed by atoms with E-state index >= 15 is 0 Å². The highest BCUT2D eigenvalue weighted by Crippen LogP contribution is 2.41. The Labute approximate surface area is 264 Å². The highest BCUT2D eigenvalue weighted by Gasteiger charge is 2.15. The van der Waals surface area contributed by atoms with Crippen LogP contribution in [0.25, 0.3) is 54.9 Å². The Morgan fingerprint density at radius 3 is 1.40 bits per heavy atom. The molecule has 8 rings (SSSR count). The van der Waals surface area contributed by atoms with Crippen LogP contribution in [0.2, 0.25) is 0 Å². The third kappa shape index (κ3) is 5.05. The fourth-order valence-corrected chi connectivity index (χ4v) is 6.50. The molecule has 0 aromatic heterocycles. The van der Waals surface area contributed by atoms with Gasteiger partial charge in [0.1, 0.15) is 0 Å². The van der Waals surface area contributed by atoms with E-state index in [9.17, 15) is 0 Å². The molecule has 1 heteroatoms. The number of hydrogen-bond donors (Lipinski definition) is 0. The minimum atomic E-state index is 1.13. The third-order valence-corrected chi connectivity index (χ3v) is 8.65. The Morgan fingerprint density at radius 1 is 0.289 bits per heavy atom. The van der Waals surface area contributed by atoms with Crippen molar-refractivity contribution in [3.8, 4) is 33.4 Å². The number of para-hydroxylation sites is 2. The van der Waals surface area contributed by atoms with Gasteiger partial charge in [0.2, 0.25) is 0 Å². The number of rotatable bonds is 6. The number of nitrogens with zero attached hydrogens (tertiary/aromatic N) is 1. The van der Waals surface area contributed by atoms with Gasteiger partial charge in [-0.05, 0) is 97.4 Å². The number of fused-ring (bicyclic) bond motifs is 3. The second-order valence-electron chi connectivity index (χ2n) is 11.4. The molecule has 0 amide bonds. The van der Waals surface area contributed by atoms with E-state index in [2.05, 4.69) is 193 Å². The predicted molar refractivity (Wildman–Crippen MR) is 192 cm³/mol. The number of hydrogen-bond acceptors (Lipinski definition) is 1. The van der Waals surface area contributed by atoms with Crippen molar-refractivity contribution in [1.29, 1.82) is 0 Å². The van der Waals surface area contributed by atoms with Crippen molar-refractivity contribution < 1.29 is 0 Å². The first kappa shape index (κ1) is 26.7. The summed E-state index contributed by atoms with van der Waals surface area (Å²) in [5.41, 5.74) is 10.8. The molecule has 212 valence electrons. The molecular weight excluding hydrogens is 542 g/mol. The molecule has 0 saturated heterocycles. The lowest BCUT2D eigenvalue weighted by Gasteiger charge is -2.25. The van der Waals surface area contributed by atoms with Gasteiger partial charge in [0, 0.05) is 17.1 Å². The molecule has 0 atom stereocenters. The second-order valence-corrected chi connectivity index (χ2v) is 11.4. The van der Waals surface area contributed by atoms with Gasteiger partial charge in [0.05, 0.1) is 0 Å². The van der Waals surface area contributed by atoms with E-state index in [1.807, 2.05) is 0 Å². The molecule has 0 unspecified atom stereocenters. The number of anilines is 3. The van der Waals surface area contributed by atoms with Crippen LogP contribution in [0.3, 0.4) is 0 Å². The van der Waals surface area contributed by atoms with Crippen molar-refractivity contribution in [3.63, 3.8) is 0 Å². The Morgan fingerprint density at radius 2 is 0.756 bits per heavy atom. The largest absolute Gasteiger partial charge is 0.311 e. The van der Waals surface area contributed by atoms with Crippen LogP contribution in [0.4, 0.5) is 17.1 Å². The molecule has 8 aromatic carbocycles. The molecule has 0 spiro atoms. The Bertz CT molecular complexity index is 2180. The maximum atomic E-state index is 2.36. The zero-order chi connectivity index (χ0) is 30.0. The van der Waals surface area contributed by atoms with Crippen molar-refractivity contribution in [2.75, 3.05) is 4.90 Å². The Hall–Kier alpha value is -5.92. The van der Waals surface area contributed by atoms with Gasteiger partial charge >= 0.3 is 0 Å². The summed E-state index contributed by atoms with van der Waals surface area (Å²) in [6.45, 7) is 0. The summed E-state index contributed by atoms with van der Waals surface area (Å²) in [4.78, 5) is 2.29. The fourth-order valence-electron chi connectivity index (χ4n) is 6.50. The third-order valence-electron chi connectivity index (χ3n) is 8.65. The fraction of sp³-hybridized carbons (Fsp3) is 0. The molecule has 8 aromatic rings. The first-order valence-corrected chi connectivity index (χ1v) is 15.4. The van der Waals surface area contributed by atoms with E-state index in [-0.39, 0.29) is 0 Å². The van der Waals surface area contributed by atoms with Gasteiger partial charge < -0.3 is 4.90 Å². The van der Waals surface area contributed by atoms with Crippen molar-refractivity contribution in [2.24, 2.45) is 0 Å². The molecule has 0 aliphatic heterocycles. The van der Waals surface area contributed by atoms with Gasteiger partial charge in [-0.1, -0.05) is 146 Å². The molecule has 0 saturated carbocycles. The first-order chi connectivity index (χ1) is 22.3. The van der Waals surface area contributed by atoms with Crippen LogP contribution in [0, 0.1) is 0 Å². The van der Waals surface area contributed by atoms with Crippen molar-refractivity contribution >= 4 is 38.6 Å². The Kier molecular flexibility index (Phi) is 6.90. The molecule has 0 fully saturated rings. The van der Waals surface area contributed by atoms with E-state index in [0.29, 0.717) is 0 Å². The average molecular weight is 574 g/mol. The quantitative estimate of drug-likeness (QED) is 0.179. The zero-order valence-electron chi connectivity index (χ0n) is 24.8. The van der Waals surface area contributed by atoms with Gasteiger partial charge in [-0.25, -0.2) is 0 Å². The molecule has 0 aliphatic carbocycles. The van der Waals surface area contributed by atoms with Gasteiger partial charge in [-0.15, -0.1) is 0 Å². The van der Waals surface area contributed by atoms with Crippen molar-refractivity contribution in [1.82, 2.24) is 0 Å². The summed E-state index contributed by atoms with van der Waals surface area (Å²) in [6, 6.07) is 67.5. The Balaban J connectivity index is 1.19. The minimum Gasteiger partial charge on any atom is -0.311 e. The van der Waals surface area contributed by atoms with E-state index < -0.39 is 0 Å². The summed E-state index contributed by atoms with van der Waals surface area (Å²) < 4.78 is 0. The van der Waals surface area contributed by atoms with Gasteiger partial charge in [-0.3, -0.25) is 0 Å². The summed E-state index contributed by atoms with van der Waals surface area (Å²) >= 11 is 0. The molecular formula is C44H31N. The lowest BCUT2D eigenvalue weighted by atomic mass is 9.88. The van der Waals surface area contributed by atoms with Crippen LogP contribution in [-0.4, -0.2) is 0 Å². The van der Waals surface area contributed by atoms with Crippen LogP contribution in [-0.2, 0) is 0 Å². The standard InChI is InChI=1S/C44H31N/c1-4-13-34(14-5-1)41-21-12-22-42-40-20-11-10-15-36(40)31-43(44(41)42)35-25-23-32(24-26-35)33-27-29-39(30-28-33)45(37-16-6-2-7-17-37)38-18-8-3-9-19-38/h1-31H. The first-order valence-electron chi connectivity index (χ1n) is 15.4. The SMILES string of the molecule is c1ccc(-c2cccc3c2c(-c2ccc(-c4ccc(N(c5ccccc5)c5ccccc5)cc4)cc2)cc2ccccc23)cc1. The highest BCUT2D eigenvalue weighted by molar-refractivity contribution is 6.18. The second kappa shape index (κ2) is 11.6. The summed E-state index contributed by atoms with van der Waals surface area (Å²) in [7, 11) is 0. The average Bonchev–Trinajstić information content (AvgIpc) is 3.13. The van der Waals surface area contributed by atoms with Crippen molar-refractivity contribution in [3.05, 3.63) is 188 Å². The molecule has 0 heterocycles. The maximum absolute atomic E-state index is 2.36. The molecule has 0 N–H and O–H groups in total. The monoisotopic (exact) mass is 573 g/mol. The molecule has 0 radical (unpaired) electrons. The van der Waals surface area contributed by atoms with Gasteiger partial charge in [0.25, 0.3) is 0 Å².